The maximum Gasteiger partial charge on any atom is 0.143 e. The van der Waals surface area contributed by atoms with Gasteiger partial charge in [0, 0.05) is 33.4 Å². The Kier molecular flexibility index (Phi) is 8.55. The number of benzene rings is 9. The highest BCUT2D eigenvalue weighted by Gasteiger charge is 2.18. The fourth-order valence-corrected chi connectivity index (χ4v) is 7.91. The number of rotatable bonds is 8. The second-order valence-electron chi connectivity index (χ2n) is 14.1. The highest BCUT2D eigenvalue weighted by atomic mass is 16.3. The van der Waals surface area contributed by atoms with Crippen LogP contribution >= 0.6 is 0 Å². The molecule has 0 unspecified atom stereocenters. The van der Waals surface area contributed by atoms with Crippen LogP contribution in [0.25, 0.3) is 77.6 Å². The van der Waals surface area contributed by atoms with E-state index in [-0.39, 0.29) is 0 Å². The molecule has 0 bridgehead atoms. The third-order valence-corrected chi connectivity index (χ3v) is 10.7. The predicted octanol–water partition coefficient (Wildman–Crippen LogP) is 15.4. The van der Waals surface area contributed by atoms with Gasteiger partial charge in [0.05, 0.1) is 0 Å². The summed E-state index contributed by atoms with van der Waals surface area (Å²) in [6, 6.07) is 80.0. The second kappa shape index (κ2) is 14.4. The zero-order valence-corrected chi connectivity index (χ0v) is 30.7. The Morgan fingerprint density at radius 3 is 1.43 bits per heavy atom. The van der Waals surface area contributed by atoms with Gasteiger partial charge in [-0.3, -0.25) is 0 Å². The van der Waals surface area contributed by atoms with E-state index in [4.69, 9.17) is 4.42 Å². The van der Waals surface area contributed by atoms with Crippen LogP contribution in [0.2, 0.25) is 0 Å². The molecule has 0 radical (unpaired) electrons. The summed E-state index contributed by atoms with van der Waals surface area (Å²) in [4.78, 5) is 2.34. The van der Waals surface area contributed by atoms with Crippen LogP contribution in [-0.2, 0) is 0 Å². The predicted molar refractivity (Wildman–Crippen MR) is 236 cm³/mol. The average Bonchev–Trinajstić information content (AvgIpc) is 3.67. The molecule has 1 heterocycles. The topological polar surface area (TPSA) is 16.4 Å². The smallest absolute Gasteiger partial charge is 0.143 e. The first-order valence-electron chi connectivity index (χ1n) is 19.1. The van der Waals surface area contributed by atoms with E-state index in [1.54, 1.807) is 0 Å². The molecule has 10 aromatic rings. The Bertz CT molecular complexity index is 2930. The Morgan fingerprint density at radius 2 is 0.750 bits per heavy atom. The number of para-hydroxylation sites is 2. The molecule has 0 spiro atoms. The van der Waals surface area contributed by atoms with Gasteiger partial charge < -0.3 is 9.32 Å². The van der Waals surface area contributed by atoms with Crippen LogP contribution in [0.3, 0.4) is 0 Å². The molecule has 9 aromatic carbocycles. The van der Waals surface area contributed by atoms with Crippen LogP contribution in [0.1, 0.15) is 0 Å². The Morgan fingerprint density at radius 1 is 0.268 bits per heavy atom. The third kappa shape index (κ3) is 6.24. The molecule has 2 nitrogen and oxygen atoms in total. The van der Waals surface area contributed by atoms with Gasteiger partial charge in [-0.1, -0.05) is 176 Å². The molecule has 0 N–H and O–H groups in total. The van der Waals surface area contributed by atoms with Gasteiger partial charge in [0.25, 0.3) is 0 Å². The Hall–Kier alpha value is -7.42. The van der Waals surface area contributed by atoms with E-state index in [2.05, 4.69) is 217 Å². The van der Waals surface area contributed by atoms with Crippen molar-refractivity contribution >= 4 is 39.0 Å². The Balaban J connectivity index is 1.06. The summed E-state index contributed by atoms with van der Waals surface area (Å²) in [7, 11) is 0. The molecule has 2 heteroatoms. The summed E-state index contributed by atoms with van der Waals surface area (Å²) in [6.07, 6.45) is 0. The number of hydrogen-bond donors (Lipinski definition) is 0. The summed E-state index contributed by atoms with van der Waals surface area (Å²) in [5.74, 6) is 0. The summed E-state index contributed by atoms with van der Waals surface area (Å²) < 4.78 is 6.51. The number of nitrogens with zero attached hydrogens (tertiary/aromatic N) is 1. The second-order valence-corrected chi connectivity index (χ2v) is 14.1. The SMILES string of the molecule is c1ccc(-c2ccc(N(c3ccc(-c4ccc(-c5cccc6c5oc5ccccc56)c(-c5ccccc5)c4)cc3)c3cccc(-c4ccccc4)c3)cc2)cc1. The molecule has 0 atom stereocenters. The molecule has 1 aromatic heterocycles. The lowest BCUT2D eigenvalue weighted by atomic mass is 9.90. The molecule has 0 aliphatic carbocycles. The van der Waals surface area contributed by atoms with Crippen molar-refractivity contribution < 1.29 is 4.42 Å². The largest absolute Gasteiger partial charge is 0.455 e. The summed E-state index contributed by atoms with van der Waals surface area (Å²) >= 11 is 0. The first-order valence-corrected chi connectivity index (χ1v) is 19.1. The number of fused-ring (bicyclic) bond motifs is 3. The van der Waals surface area contributed by atoms with Crippen LogP contribution in [0, 0.1) is 0 Å². The van der Waals surface area contributed by atoms with Crippen LogP contribution < -0.4 is 4.90 Å². The van der Waals surface area contributed by atoms with Gasteiger partial charge in [-0.15, -0.1) is 0 Å². The first-order chi connectivity index (χ1) is 27.8. The molecule has 0 fully saturated rings. The molecule has 10 rings (SSSR count). The number of furan rings is 1. The third-order valence-electron chi connectivity index (χ3n) is 10.7. The maximum atomic E-state index is 6.51. The van der Waals surface area contributed by atoms with E-state index in [1.807, 2.05) is 12.1 Å². The molecule has 0 aliphatic rings. The minimum atomic E-state index is 0.904. The van der Waals surface area contributed by atoms with Gasteiger partial charge in [0.15, 0.2) is 0 Å². The normalized spacial score (nSPS) is 11.2. The van der Waals surface area contributed by atoms with E-state index < -0.39 is 0 Å². The van der Waals surface area contributed by atoms with Crippen molar-refractivity contribution in [3.63, 3.8) is 0 Å². The zero-order valence-electron chi connectivity index (χ0n) is 30.7. The number of hydrogen-bond acceptors (Lipinski definition) is 2. The molecule has 56 heavy (non-hydrogen) atoms. The molecule has 0 aliphatic heterocycles. The molecule has 0 saturated carbocycles. The van der Waals surface area contributed by atoms with Crippen molar-refractivity contribution in [3.8, 4) is 55.6 Å². The standard InChI is InChI=1S/C54H37NO/c1-4-14-38(15-5-1)40-26-31-45(32-27-40)55(47-21-12-20-43(36-47)39-16-6-2-7-17-39)46-33-28-41(29-34-46)44-30-35-48(52(37-44)42-18-8-3-9-19-42)50-23-13-24-51-49-22-10-11-25-53(49)56-54(50)51/h1-37H. The lowest BCUT2D eigenvalue weighted by Crippen LogP contribution is -2.10. The van der Waals surface area contributed by atoms with Crippen molar-refractivity contribution in [2.75, 3.05) is 4.90 Å². The fraction of sp³-hybridized carbons (Fsp3) is 0. The van der Waals surface area contributed by atoms with Gasteiger partial charge >= 0.3 is 0 Å². The Labute approximate surface area is 327 Å². The summed E-state index contributed by atoms with van der Waals surface area (Å²) in [5, 5.41) is 2.26. The van der Waals surface area contributed by atoms with Crippen molar-refractivity contribution in [3.05, 3.63) is 224 Å². The van der Waals surface area contributed by atoms with Crippen LogP contribution in [0.15, 0.2) is 229 Å². The van der Waals surface area contributed by atoms with Crippen molar-refractivity contribution in [2.24, 2.45) is 0 Å². The van der Waals surface area contributed by atoms with Crippen LogP contribution in [-0.4, -0.2) is 0 Å². The highest BCUT2D eigenvalue weighted by Crippen LogP contribution is 2.43. The molecule has 0 saturated heterocycles. The minimum Gasteiger partial charge on any atom is -0.455 e. The van der Waals surface area contributed by atoms with Crippen LogP contribution in [0.4, 0.5) is 17.1 Å². The average molecular weight is 716 g/mol. The molecular formula is C54H37NO. The minimum absolute atomic E-state index is 0.904. The van der Waals surface area contributed by atoms with E-state index in [0.717, 1.165) is 72.4 Å². The lowest BCUT2D eigenvalue weighted by molar-refractivity contribution is 0.670. The van der Waals surface area contributed by atoms with Gasteiger partial charge in [0.2, 0.25) is 0 Å². The first kappa shape index (κ1) is 33.2. The summed E-state index contributed by atoms with van der Waals surface area (Å²) in [5.41, 5.74) is 16.7. The van der Waals surface area contributed by atoms with Crippen molar-refractivity contribution in [1.82, 2.24) is 0 Å². The van der Waals surface area contributed by atoms with Crippen molar-refractivity contribution in [2.45, 2.75) is 0 Å². The fourth-order valence-electron chi connectivity index (χ4n) is 7.91. The van der Waals surface area contributed by atoms with Gasteiger partial charge in [-0.2, -0.15) is 0 Å². The van der Waals surface area contributed by atoms with E-state index in [9.17, 15) is 0 Å². The number of anilines is 3. The molecule has 0 amide bonds. The lowest BCUT2D eigenvalue weighted by Gasteiger charge is -2.26. The van der Waals surface area contributed by atoms with E-state index in [0.29, 0.717) is 0 Å². The van der Waals surface area contributed by atoms with Gasteiger partial charge in [-0.25, -0.2) is 0 Å². The van der Waals surface area contributed by atoms with Crippen LogP contribution in [0.5, 0.6) is 0 Å². The highest BCUT2D eigenvalue weighted by molar-refractivity contribution is 6.10. The van der Waals surface area contributed by atoms with E-state index in [1.165, 1.54) is 22.3 Å². The zero-order chi connectivity index (χ0) is 37.3. The maximum absolute atomic E-state index is 6.51. The quantitative estimate of drug-likeness (QED) is 0.156. The van der Waals surface area contributed by atoms with Crippen molar-refractivity contribution in [1.29, 1.82) is 0 Å². The molecular weight excluding hydrogens is 679 g/mol. The molecule has 264 valence electrons. The van der Waals surface area contributed by atoms with Gasteiger partial charge in [0.1, 0.15) is 11.2 Å². The summed E-state index contributed by atoms with van der Waals surface area (Å²) in [6.45, 7) is 0. The van der Waals surface area contributed by atoms with E-state index >= 15 is 0 Å². The monoisotopic (exact) mass is 715 g/mol. The van der Waals surface area contributed by atoms with Gasteiger partial charge in [-0.05, 0) is 98.6 Å².